The largest absolute Gasteiger partial charge is 0.481 e. The Morgan fingerprint density at radius 3 is 2.95 bits per heavy atom. The Morgan fingerprint density at radius 2 is 2.25 bits per heavy atom. The average Bonchev–Trinajstić information content (AvgIpc) is 2.89. The van der Waals surface area contributed by atoms with Crippen LogP contribution in [-0.2, 0) is 9.59 Å². The van der Waals surface area contributed by atoms with Crippen LogP contribution < -0.4 is 15.4 Å². The van der Waals surface area contributed by atoms with E-state index in [-0.39, 0.29) is 17.9 Å². The van der Waals surface area contributed by atoms with Gasteiger partial charge in [-0.25, -0.2) is 0 Å². The van der Waals surface area contributed by atoms with E-state index in [1.165, 1.54) is 0 Å². The van der Waals surface area contributed by atoms with E-state index in [4.69, 9.17) is 9.84 Å². The van der Waals surface area contributed by atoms with Crippen molar-refractivity contribution in [3.63, 3.8) is 0 Å². The molecule has 6 nitrogen and oxygen atoms in total. The van der Waals surface area contributed by atoms with Crippen LogP contribution in [-0.4, -0.2) is 29.6 Å². The molecule has 2 aliphatic heterocycles. The van der Waals surface area contributed by atoms with Crippen LogP contribution in [0.4, 0.5) is 5.69 Å². The van der Waals surface area contributed by atoms with Gasteiger partial charge in [0.2, 0.25) is 0 Å². The van der Waals surface area contributed by atoms with Crippen molar-refractivity contribution in [1.82, 2.24) is 5.32 Å². The van der Waals surface area contributed by atoms with Gasteiger partial charge in [0, 0.05) is 12.6 Å². The van der Waals surface area contributed by atoms with E-state index in [0.717, 1.165) is 5.56 Å². The number of ether oxygens (including phenoxy) is 1. The smallest absolute Gasteiger partial charge is 0.307 e. The third kappa shape index (κ3) is 2.22. The maximum atomic E-state index is 11.6. The Hall–Kier alpha value is -2.08. The maximum Gasteiger partial charge on any atom is 0.307 e. The molecule has 0 spiro atoms. The van der Waals surface area contributed by atoms with Crippen molar-refractivity contribution in [2.75, 3.05) is 11.9 Å². The molecule has 20 heavy (non-hydrogen) atoms. The number of carbonyl (C=O) groups is 2. The number of fused-ring (bicyclic) bond motifs is 1. The van der Waals surface area contributed by atoms with Crippen LogP contribution in [0.2, 0.25) is 0 Å². The van der Waals surface area contributed by atoms with Gasteiger partial charge >= 0.3 is 5.97 Å². The Labute approximate surface area is 116 Å². The third-order valence-corrected chi connectivity index (χ3v) is 3.82. The van der Waals surface area contributed by atoms with Crippen LogP contribution in [0.15, 0.2) is 18.2 Å². The lowest BCUT2D eigenvalue weighted by atomic mass is 9.99. The van der Waals surface area contributed by atoms with Crippen LogP contribution in [0, 0.1) is 5.92 Å². The Bertz CT molecular complexity index is 572. The fourth-order valence-electron chi connectivity index (χ4n) is 2.62. The summed E-state index contributed by atoms with van der Waals surface area (Å²) in [4.78, 5) is 22.6. The monoisotopic (exact) mass is 276 g/mol. The Kier molecular flexibility index (Phi) is 3.10. The number of amides is 1. The number of nitrogens with one attached hydrogen (secondary N) is 2. The van der Waals surface area contributed by atoms with E-state index in [1.54, 1.807) is 6.92 Å². The molecule has 6 heteroatoms. The SMILES string of the molecule is CC1Oc2ccc(C3CC(C(=O)O)CN3)cc2NC1=O. The molecule has 0 bridgehead atoms. The number of anilines is 1. The minimum absolute atomic E-state index is 0.00217. The number of carboxylic acid groups (broad SMARTS) is 1. The molecule has 3 rings (SSSR count). The molecule has 1 amide bonds. The standard InChI is InChI=1S/C14H16N2O4/c1-7-13(17)16-11-4-8(2-3-12(11)20-7)10-5-9(6-15-10)14(18)19/h2-4,7,9-10,15H,5-6H2,1H3,(H,16,17)(H,18,19). The molecular weight excluding hydrogens is 260 g/mol. The van der Waals surface area contributed by atoms with Crippen molar-refractivity contribution in [3.05, 3.63) is 23.8 Å². The first-order chi connectivity index (χ1) is 9.54. The summed E-state index contributed by atoms with van der Waals surface area (Å²) in [6.45, 7) is 2.17. The summed E-state index contributed by atoms with van der Waals surface area (Å²) in [6, 6.07) is 5.57. The number of benzene rings is 1. The lowest BCUT2D eigenvalue weighted by Crippen LogP contribution is -2.34. The van der Waals surface area contributed by atoms with Crippen molar-refractivity contribution < 1.29 is 19.4 Å². The summed E-state index contributed by atoms with van der Waals surface area (Å²) in [6.07, 6.45) is 0.0635. The van der Waals surface area contributed by atoms with Gasteiger partial charge in [0.15, 0.2) is 6.10 Å². The molecule has 106 valence electrons. The lowest BCUT2D eigenvalue weighted by Gasteiger charge is -2.24. The number of carboxylic acids is 1. The first kappa shape index (κ1) is 12.9. The van der Waals surface area contributed by atoms with Crippen LogP contribution in [0.5, 0.6) is 5.75 Å². The van der Waals surface area contributed by atoms with Gasteiger partial charge in [-0.3, -0.25) is 9.59 Å². The Morgan fingerprint density at radius 1 is 1.45 bits per heavy atom. The third-order valence-electron chi connectivity index (χ3n) is 3.82. The summed E-state index contributed by atoms with van der Waals surface area (Å²) >= 11 is 0. The van der Waals surface area contributed by atoms with Crippen LogP contribution >= 0.6 is 0 Å². The second-order valence-electron chi connectivity index (χ2n) is 5.24. The molecule has 3 unspecified atom stereocenters. The molecule has 0 aromatic heterocycles. The van der Waals surface area contributed by atoms with Crippen molar-refractivity contribution in [2.45, 2.75) is 25.5 Å². The van der Waals surface area contributed by atoms with Crippen LogP contribution in [0.1, 0.15) is 24.9 Å². The van der Waals surface area contributed by atoms with Crippen LogP contribution in [0.3, 0.4) is 0 Å². The molecule has 1 saturated heterocycles. The number of aliphatic carboxylic acids is 1. The highest BCUT2D eigenvalue weighted by molar-refractivity contribution is 5.97. The predicted octanol–water partition coefficient (Wildman–Crippen LogP) is 1.14. The summed E-state index contributed by atoms with van der Waals surface area (Å²) < 4.78 is 5.49. The normalized spacial score (nSPS) is 28.4. The van der Waals surface area contributed by atoms with E-state index in [1.807, 2.05) is 18.2 Å². The minimum Gasteiger partial charge on any atom is -0.481 e. The highest BCUT2D eigenvalue weighted by Crippen LogP contribution is 2.35. The topological polar surface area (TPSA) is 87.7 Å². The highest BCUT2D eigenvalue weighted by Gasteiger charge is 2.31. The van der Waals surface area contributed by atoms with E-state index < -0.39 is 12.1 Å². The first-order valence-corrected chi connectivity index (χ1v) is 6.62. The maximum absolute atomic E-state index is 11.6. The molecule has 0 saturated carbocycles. The van der Waals surface area contributed by atoms with Crippen molar-refractivity contribution in [3.8, 4) is 5.75 Å². The molecule has 2 heterocycles. The first-order valence-electron chi connectivity index (χ1n) is 6.62. The number of hydrogen-bond donors (Lipinski definition) is 3. The molecular formula is C14H16N2O4. The number of hydrogen-bond acceptors (Lipinski definition) is 4. The summed E-state index contributed by atoms with van der Waals surface area (Å²) in [5.41, 5.74) is 1.61. The van der Waals surface area contributed by atoms with Crippen LogP contribution in [0.25, 0.3) is 0 Å². The zero-order valence-corrected chi connectivity index (χ0v) is 11.1. The molecule has 1 aromatic carbocycles. The zero-order chi connectivity index (χ0) is 14.3. The van der Waals surface area contributed by atoms with E-state index in [0.29, 0.717) is 24.4 Å². The van der Waals surface area contributed by atoms with Gasteiger partial charge in [-0.2, -0.15) is 0 Å². The molecule has 0 radical (unpaired) electrons. The summed E-state index contributed by atoms with van der Waals surface area (Å²) in [7, 11) is 0. The van der Waals surface area contributed by atoms with E-state index in [9.17, 15) is 9.59 Å². The van der Waals surface area contributed by atoms with Crippen molar-refractivity contribution in [2.24, 2.45) is 5.92 Å². The Balaban J connectivity index is 1.81. The minimum atomic E-state index is -0.775. The lowest BCUT2D eigenvalue weighted by molar-refractivity contribution is -0.141. The molecule has 3 N–H and O–H groups in total. The molecule has 1 aromatic rings. The van der Waals surface area contributed by atoms with Gasteiger partial charge in [-0.1, -0.05) is 6.07 Å². The van der Waals surface area contributed by atoms with Gasteiger partial charge in [-0.05, 0) is 31.0 Å². The summed E-state index contributed by atoms with van der Waals surface area (Å²) in [5, 5.41) is 15.0. The number of carbonyl (C=O) groups excluding carboxylic acids is 1. The summed E-state index contributed by atoms with van der Waals surface area (Å²) in [5.74, 6) is -0.656. The molecule has 2 aliphatic rings. The van der Waals surface area contributed by atoms with Crippen molar-refractivity contribution >= 4 is 17.6 Å². The van der Waals surface area contributed by atoms with Gasteiger partial charge in [-0.15, -0.1) is 0 Å². The molecule has 3 atom stereocenters. The average molecular weight is 276 g/mol. The molecule has 0 aliphatic carbocycles. The van der Waals surface area contributed by atoms with Crippen molar-refractivity contribution in [1.29, 1.82) is 0 Å². The second kappa shape index (κ2) is 4.79. The second-order valence-corrected chi connectivity index (χ2v) is 5.24. The van der Waals surface area contributed by atoms with Gasteiger partial charge < -0.3 is 20.5 Å². The van der Waals surface area contributed by atoms with Gasteiger partial charge in [0.05, 0.1) is 11.6 Å². The van der Waals surface area contributed by atoms with E-state index in [2.05, 4.69) is 10.6 Å². The highest BCUT2D eigenvalue weighted by atomic mass is 16.5. The fourth-order valence-corrected chi connectivity index (χ4v) is 2.62. The van der Waals surface area contributed by atoms with Gasteiger partial charge in [0.25, 0.3) is 5.91 Å². The van der Waals surface area contributed by atoms with E-state index >= 15 is 0 Å². The van der Waals surface area contributed by atoms with Gasteiger partial charge in [0.1, 0.15) is 5.75 Å². The predicted molar refractivity (Wildman–Crippen MR) is 71.6 cm³/mol. The number of rotatable bonds is 2. The fraction of sp³-hybridized carbons (Fsp3) is 0.429. The zero-order valence-electron chi connectivity index (χ0n) is 11.1. The quantitative estimate of drug-likeness (QED) is 0.754. The molecule has 1 fully saturated rings.